The van der Waals surface area contributed by atoms with Gasteiger partial charge in [0.05, 0.1) is 13.2 Å². The van der Waals surface area contributed by atoms with Gasteiger partial charge in [0.15, 0.2) is 0 Å². The Hall–Kier alpha value is -0.120. The molecule has 15 heavy (non-hydrogen) atoms. The van der Waals surface area contributed by atoms with Crippen LogP contribution in [0.4, 0.5) is 0 Å². The van der Waals surface area contributed by atoms with E-state index in [0.717, 1.165) is 39.1 Å². The fourth-order valence-electron chi connectivity index (χ4n) is 2.21. The minimum Gasteiger partial charge on any atom is -0.378 e. The predicted octanol–water partition coefficient (Wildman–Crippen LogP) is 1.61. The third-order valence-electron chi connectivity index (χ3n) is 3.27. The molecule has 2 N–H and O–H groups in total. The van der Waals surface area contributed by atoms with Crippen molar-refractivity contribution in [3.05, 3.63) is 0 Å². The van der Waals surface area contributed by atoms with Gasteiger partial charge in [-0.3, -0.25) is 4.90 Å². The SMILES string of the molecule is CCCC(N)CCN1CCOCC1CC. The van der Waals surface area contributed by atoms with E-state index in [-0.39, 0.29) is 0 Å². The highest BCUT2D eigenvalue weighted by atomic mass is 16.5. The molecule has 1 heterocycles. The average molecular weight is 214 g/mol. The Morgan fingerprint density at radius 2 is 2.20 bits per heavy atom. The van der Waals surface area contributed by atoms with Crippen molar-refractivity contribution in [3.63, 3.8) is 0 Å². The summed E-state index contributed by atoms with van der Waals surface area (Å²) in [5.74, 6) is 0. The molecule has 3 nitrogen and oxygen atoms in total. The van der Waals surface area contributed by atoms with Crippen LogP contribution in [0.2, 0.25) is 0 Å². The van der Waals surface area contributed by atoms with Crippen LogP contribution in [0, 0.1) is 0 Å². The molecule has 0 bridgehead atoms. The summed E-state index contributed by atoms with van der Waals surface area (Å²) >= 11 is 0. The molecule has 0 aliphatic carbocycles. The van der Waals surface area contributed by atoms with Crippen molar-refractivity contribution in [1.82, 2.24) is 4.90 Å². The summed E-state index contributed by atoms with van der Waals surface area (Å²) in [7, 11) is 0. The lowest BCUT2D eigenvalue weighted by molar-refractivity contribution is -0.00969. The molecule has 0 aromatic rings. The molecular weight excluding hydrogens is 188 g/mol. The minimum atomic E-state index is 0.385. The smallest absolute Gasteiger partial charge is 0.0622 e. The molecule has 2 atom stereocenters. The summed E-state index contributed by atoms with van der Waals surface area (Å²) in [4.78, 5) is 2.54. The summed E-state index contributed by atoms with van der Waals surface area (Å²) in [6.07, 6.45) is 4.66. The quantitative estimate of drug-likeness (QED) is 0.730. The van der Waals surface area contributed by atoms with Crippen molar-refractivity contribution < 1.29 is 4.74 Å². The van der Waals surface area contributed by atoms with Gasteiger partial charge in [0.2, 0.25) is 0 Å². The second kappa shape index (κ2) is 7.20. The highest BCUT2D eigenvalue weighted by Gasteiger charge is 2.21. The van der Waals surface area contributed by atoms with Gasteiger partial charge in [0, 0.05) is 25.2 Å². The second-order valence-electron chi connectivity index (χ2n) is 4.51. The van der Waals surface area contributed by atoms with Crippen molar-refractivity contribution >= 4 is 0 Å². The van der Waals surface area contributed by atoms with Crippen LogP contribution >= 0.6 is 0 Å². The number of hydrogen-bond donors (Lipinski definition) is 1. The van der Waals surface area contributed by atoms with Crippen LogP contribution < -0.4 is 5.73 Å². The number of morpholine rings is 1. The van der Waals surface area contributed by atoms with Crippen molar-refractivity contribution in [1.29, 1.82) is 0 Å². The average Bonchev–Trinajstić information content (AvgIpc) is 2.27. The molecule has 90 valence electrons. The first-order valence-electron chi connectivity index (χ1n) is 6.35. The Bertz CT molecular complexity index is 164. The van der Waals surface area contributed by atoms with E-state index in [4.69, 9.17) is 10.5 Å². The molecule has 1 aliphatic heterocycles. The molecule has 2 unspecified atom stereocenters. The van der Waals surface area contributed by atoms with Gasteiger partial charge in [0.1, 0.15) is 0 Å². The topological polar surface area (TPSA) is 38.5 Å². The van der Waals surface area contributed by atoms with Gasteiger partial charge in [0.25, 0.3) is 0 Å². The third kappa shape index (κ3) is 4.49. The Labute approximate surface area is 94.0 Å². The highest BCUT2D eigenvalue weighted by molar-refractivity contribution is 4.75. The molecule has 1 fully saturated rings. The van der Waals surface area contributed by atoms with E-state index in [9.17, 15) is 0 Å². The van der Waals surface area contributed by atoms with Crippen molar-refractivity contribution in [2.45, 2.75) is 51.6 Å². The fraction of sp³-hybridized carbons (Fsp3) is 1.00. The highest BCUT2D eigenvalue weighted by Crippen LogP contribution is 2.11. The van der Waals surface area contributed by atoms with Crippen LogP contribution in [0.25, 0.3) is 0 Å². The van der Waals surface area contributed by atoms with Gasteiger partial charge in [-0.15, -0.1) is 0 Å². The Kier molecular flexibility index (Phi) is 6.22. The number of nitrogens with two attached hydrogens (primary N) is 1. The summed E-state index contributed by atoms with van der Waals surface area (Å²) < 4.78 is 5.48. The summed E-state index contributed by atoms with van der Waals surface area (Å²) in [6.45, 7) is 8.45. The van der Waals surface area contributed by atoms with E-state index in [0.29, 0.717) is 12.1 Å². The zero-order chi connectivity index (χ0) is 11.1. The van der Waals surface area contributed by atoms with E-state index in [2.05, 4.69) is 18.7 Å². The fourth-order valence-corrected chi connectivity index (χ4v) is 2.21. The molecule has 0 saturated carbocycles. The van der Waals surface area contributed by atoms with E-state index in [1.54, 1.807) is 0 Å². The molecule has 3 heteroatoms. The largest absolute Gasteiger partial charge is 0.378 e. The van der Waals surface area contributed by atoms with Crippen LogP contribution in [0.3, 0.4) is 0 Å². The molecule has 0 spiro atoms. The van der Waals surface area contributed by atoms with E-state index in [1.165, 1.54) is 12.8 Å². The third-order valence-corrected chi connectivity index (χ3v) is 3.27. The van der Waals surface area contributed by atoms with Crippen molar-refractivity contribution in [3.8, 4) is 0 Å². The molecule has 0 amide bonds. The van der Waals surface area contributed by atoms with Crippen molar-refractivity contribution in [2.24, 2.45) is 5.73 Å². The molecule has 0 radical (unpaired) electrons. The first-order valence-corrected chi connectivity index (χ1v) is 6.35. The van der Waals surface area contributed by atoms with Gasteiger partial charge < -0.3 is 10.5 Å². The second-order valence-corrected chi connectivity index (χ2v) is 4.51. The zero-order valence-corrected chi connectivity index (χ0v) is 10.2. The van der Waals surface area contributed by atoms with Crippen LogP contribution in [0.5, 0.6) is 0 Å². The Morgan fingerprint density at radius 3 is 2.87 bits per heavy atom. The van der Waals surface area contributed by atoms with Crippen molar-refractivity contribution in [2.75, 3.05) is 26.3 Å². The monoisotopic (exact) mass is 214 g/mol. The summed E-state index contributed by atoms with van der Waals surface area (Å²) in [5, 5.41) is 0. The molecule has 1 aliphatic rings. The van der Waals surface area contributed by atoms with Gasteiger partial charge in [-0.25, -0.2) is 0 Å². The number of rotatable bonds is 6. The zero-order valence-electron chi connectivity index (χ0n) is 10.2. The standard InChI is InChI=1S/C12H26N2O/c1-3-5-11(13)6-7-14-8-9-15-10-12(14)4-2/h11-12H,3-10,13H2,1-2H3. The normalized spacial score (nSPS) is 25.4. The lowest BCUT2D eigenvalue weighted by Gasteiger charge is -2.35. The summed E-state index contributed by atoms with van der Waals surface area (Å²) in [5.41, 5.74) is 6.03. The number of ether oxygens (including phenoxy) is 1. The van der Waals surface area contributed by atoms with Crippen LogP contribution in [-0.4, -0.2) is 43.3 Å². The minimum absolute atomic E-state index is 0.385. The van der Waals surface area contributed by atoms with Gasteiger partial charge >= 0.3 is 0 Å². The first-order chi connectivity index (χ1) is 7.27. The predicted molar refractivity (Wildman–Crippen MR) is 64.0 cm³/mol. The van der Waals surface area contributed by atoms with Gasteiger partial charge in [-0.05, 0) is 19.3 Å². The lowest BCUT2D eigenvalue weighted by Crippen LogP contribution is -2.46. The van der Waals surface area contributed by atoms with Crippen LogP contribution in [0.15, 0.2) is 0 Å². The molecule has 0 aromatic carbocycles. The maximum absolute atomic E-state index is 6.03. The maximum Gasteiger partial charge on any atom is 0.0622 e. The van der Waals surface area contributed by atoms with E-state index >= 15 is 0 Å². The van der Waals surface area contributed by atoms with E-state index in [1.807, 2.05) is 0 Å². The first kappa shape index (κ1) is 12.9. The molecule has 0 aromatic heterocycles. The van der Waals surface area contributed by atoms with Crippen LogP contribution in [-0.2, 0) is 4.74 Å². The van der Waals surface area contributed by atoms with Crippen LogP contribution in [0.1, 0.15) is 39.5 Å². The maximum atomic E-state index is 6.03. The summed E-state index contributed by atoms with van der Waals surface area (Å²) in [6, 6.07) is 1.00. The van der Waals surface area contributed by atoms with E-state index < -0.39 is 0 Å². The Morgan fingerprint density at radius 1 is 1.40 bits per heavy atom. The molecular formula is C12H26N2O. The van der Waals surface area contributed by atoms with Gasteiger partial charge in [-0.2, -0.15) is 0 Å². The molecule has 1 rings (SSSR count). The van der Waals surface area contributed by atoms with Gasteiger partial charge in [-0.1, -0.05) is 20.3 Å². The molecule has 1 saturated heterocycles. The number of nitrogens with zero attached hydrogens (tertiary/aromatic N) is 1. The lowest BCUT2D eigenvalue weighted by atomic mass is 10.1. The Balaban J connectivity index is 2.22. The number of hydrogen-bond acceptors (Lipinski definition) is 3.